The zero-order valence-electron chi connectivity index (χ0n) is 15.1. The van der Waals surface area contributed by atoms with Gasteiger partial charge in [0.2, 0.25) is 0 Å². The van der Waals surface area contributed by atoms with E-state index in [1.807, 2.05) is 12.3 Å². The first-order chi connectivity index (χ1) is 13.5. The highest BCUT2D eigenvalue weighted by molar-refractivity contribution is 7.96. The molecule has 10 heteroatoms. The summed E-state index contributed by atoms with van der Waals surface area (Å²) in [6, 6.07) is 6.28. The molecule has 0 spiro atoms. The Bertz CT molecular complexity index is 971. The van der Waals surface area contributed by atoms with Crippen molar-refractivity contribution in [3.05, 3.63) is 42.4 Å². The molecule has 0 amide bonds. The van der Waals surface area contributed by atoms with Crippen molar-refractivity contribution in [3.8, 4) is 11.3 Å². The number of imidazole rings is 1. The van der Waals surface area contributed by atoms with E-state index in [1.165, 1.54) is 16.8 Å². The standard InChI is InChI=1S/C18H19F3N6S/c1-28-25-13-3-2-8-26(11-13)17-9-12(6-7-22-17)14-10-23-16-5-4-15(18(19,20)21)24-27(14)16/h4-7,9-10,13,25H,2-3,8,11H2,1H3. The van der Waals surface area contributed by atoms with E-state index < -0.39 is 11.9 Å². The molecule has 1 saturated heterocycles. The summed E-state index contributed by atoms with van der Waals surface area (Å²) in [6.07, 6.45) is 2.86. The predicted octanol–water partition coefficient (Wildman–Crippen LogP) is 3.65. The van der Waals surface area contributed by atoms with Gasteiger partial charge < -0.3 is 4.90 Å². The topological polar surface area (TPSA) is 58.3 Å². The summed E-state index contributed by atoms with van der Waals surface area (Å²) in [5.74, 6) is 0.798. The van der Waals surface area contributed by atoms with Crippen LogP contribution in [0.3, 0.4) is 0 Å². The fourth-order valence-electron chi connectivity index (χ4n) is 3.42. The van der Waals surface area contributed by atoms with Gasteiger partial charge in [0.15, 0.2) is 11.3 Å². The fourth-order valence-corrected chi connectivity index (χ4v) is 3.95. The highest BCUT2D eigenvalue weighted by Crippen LogP contribution is 2.29. The highest BCUT2D eigenvalue weighted by Gasteiger charge is 2.33. The van der Waals surface area contributed by atoms with Gasteiger partial charge in [0.1, 0.15) is 5.82 Å². The number of pyridine rings is 1. The molecule has 0 bridgehead atoms. The van der Waals surface area contributed by atoms with Crippen LogP contribution in [0.15, 0.2) is 36.7 Å². The summed E-state index contributed by atoms with van der Waals surface area (Å²) in [6.45, 7) is 1.73. The smallest absolute Gasteiger partial charge is 0.355 e. The van der Waals surface area contributed by atoms with Gasteiger partial charge in [-0.2, -0.15) is 18.3 Å². The maximum absolute atomic E-state index is 13.0. The van der Waals surface area contributed by atoms with Crippen molar-refractivity contribution in [2.75, 3.05) is 24.2 Å². The van der Waals surface area contributed by atoms with E-state index in [1.54, 1.807) is 24.2 Å². The van der Waals surface area contributed by atoms with Gasteiger partial charge in [-0.15, -0.1) is 0 Å². The van der Waals surface area contributed by atoms with Gasteiger partial charge in [-0.05, 0) is 43.4 Å². The summed E-state index contributed by atoms with van der Waals surface area (Å²) in [5, 5.41) is 3.74. The predicted molar refractivity (Wildman–Crippen MR) is 103 cm³/mol. The Morgan fingerprint density at radius 3 is 2.86 bits per heavy atom. The molecule has 0 radical (unpaired) electrons. The lowest BCUT2D eigenvalue weighted by Crippen LogP contribution is -2.43. The van der Waals surface area contributed by atoms with Gasteiger partial charge in [-0.25, -0.2) is 14.5 Å². The number of nitrogens with zero attached hydrogens (tertiary/aromatic N) is 5. The van der Waals surface area contributed by atoms with Crippen LogP contribution >= 0.6 is 11.9 Å². The Balaban J connectivity index is 1.68. The number of fused-ring (bicyclic) bond motifs is 1. The van der Waals surface area contributed by atoms with E-state index in [-0.39, 0.29) is 0 Å². The highest BCUT2D eigenvalue weighted by atomic mass is 32.2. The largest absolute Gasteiger partial charge is 0.435 e. The van der Waals surface area contributed by atoms with Crippen molar-refractivity contribution in [1.82, 2.24) is 24.3 Å². The molecule has 3 aromatic heterocycles. The number of piperidine rings is 1. The summed E-state index contributed by atoms with van der Waals surface area (Å²) in [4.78, 5) is 10.8. The minimum absolute atomic E-state index is 0.364. The fraction of sp³-hybridized carbons (Fsp3) is 0.389. The van der Waals surface area contributed by atoms with E-state index in [0.717, 1.165) is 43.4 Å². The molecule has 6 nitrogen and oxygen atoms in total. The second-order valence-electron chi connectivity index (χ2n) is 6.64. The SMILES string of the molecule is CSNC1CCCN(c2cc(-c3cnc4ccc(C(F)(F)F)nn34)ccn2)C1. The average molecular weight is 408 g/mol. The molecule has 3 aromatic rings. The van der Waals surface area contributed by atoms with Crippen LogP contribution in [0, 0.1) is 0 Å². The monoisotopic (exact) mass is 408 g/mol. The van der Waals surface area contributed by atoms with Crippen LogP contribution < -0.4 is 9.62 Å². The van der Waals surface area contributed by atoms with E-state index in [0.29, 0.717) is 17.4 Å². The summed E-state index contributed by atoms with van der Waals surface area (Å²) in [7, 11) is 0. The van der Waals surface area contributed by atoms with Crippen LogP contribution in [0.4, 0.5) is 19.0 Å². The van der Waals surface area contributed by atoms with Gasteiger partial charge >= 0.3 is 6.18 Å². The zero-order valence-corrected chi connectivity index (χ0v) is 16.0. The number of alkyl halides is 3. The lowest BCUT2D eigenvalue weighted by Gasteiger charge is -2.33. The first-order valence-corrected chi connectivity index (χ1v) is 10.1. The Labute approximate surface area is 164 Å². The second kappa shape index (κ2) is 7.59. The maximum Gasteiger partial charge on any atom is 0.435 e. The number of aromatic nitrogens is 4. The summed E-state index contributed by atoms with van der Waals surface area (Å²) < 4.78 is 43.7. The summed E-state index contributed by atoms with van der Waals surface area (Å²) >= 11 is 1.60. The molecule has 28 heavy (non-hydrogen) atoms. The van der Waals surface area contributed by atoms with Gasteiger partial charge in [0.25, 0.3) is 0 Å². The number of anilines is 1. The number of hydrogen-bond acceptors (Lipinski definition) is 6. The van der Waals surface area contributed by atoms with Crippen LogP contribution in [-0.4, -0.2) is 45.0 Å². The molecule has 148 valence electrons. The van der Waals surface area contributed by atoms with Gasteiger partial charge in [-0.1, -0.05) is 11.9 Å². The van der Waals surface area contributed by atoms with Crippen LogP contribution in [-0.2, 0) is 6.18 Å². The van der Waals surface area contributed by atoms with Crippen LogP contribution in [0.2, 0.25) is 0 Å². The number of nitrogens with one attached hydrogen (secondary N) is 1. The lowest BCUT2D eigenvalue weighted by atomic mass is 10.1. The van der Waals surface area contributed by atoms with Crippen LogP contribution in [0.25, 0.3) is 16.9 Å². The normalized spacial score (nSPS) is 18.0. The molecule has 1 N–H and O–H groups in total. The lowest BCUT2D eigenvalue weighted by molar-refractivity contribution is -0.141. The number of halogens is 3. The van der Waals surface area contributed by atoms with E-state index in [9.17, 15) is 13.2 Å². The van der Waals surface area contributed by atoms with E-state index >= 15 is 0 Å². The van der Waals surface area contributed by atoms with E-state index in [4.69, 9.17) is 0 Å². The number of rotatable bonds is 4. The van der Waals surface area contributed by atoms with Crippen molar-refractivity contribution in [2.45, 2.75) is 25.1 Å². The zero-order chi connectivity index (χ0) is 19.7. The first kappa shape index (κ1) is 19.0. The van der Waals surface area contributed by atoms with Crippen LogP contribution in [0.5, 0.6) is 0 Å². The third-order valence-corrected chi connectivity index (χ3v) is 5.29. The van der Waals surface area contributed by atoms with Crippen molar-refractivity contribution < 1.29 is 13.2 Å². The second-order valence-corrected chi connectivity index (χ2v) is 7.28. The minimum atomic E-state index is -4.51. The minimum Gasteiger partial charge on any atom is -0.355 e. The maximum atomic E-state index is 13.0. The molecule has 4 rings (SSSR count). The average Bonchev–Trinajstić information content (AvgIpc) is 3.11. The summed E-state index contributed by atoms with van der Waals surface area (Å²) in [5.41, 5.74) is 0.643. The Morgan fingerprint density at radius 2 is 2.07 bits per heavy atom. The molecule has 0 aliphatic carbocycles. The van der Waals surface area contributed by atoms with Crippen molar-refractivity contribution in [1.29, 1.82) is 0 Å². The molecule has 1 unspecified atom stereocenters. The van der Waals surface area contributed by atoms with Gasteiger partial charge in [0, 0.05) is 30.9 Å². The van der Waals surface area contributed by atoms with Gasteiger partial charge in [-0.3, -0.25) is 4.72 Å². The Hall–Kier alpha value is -2.33. The quantitative estimate of drug-likeness (QED) is 0.665. The van der Waals surface area contributed by atoms with Crippen LogP contribution in [0.1, 0.15) is 18.5 Å². The number of hydrogen-bond donors (Lipinski definition) is 1. The first-order valence-electron chi connectivity index (χ1n) is 8.87. The third kappa shape index (κ3) is 3.79. The molecular formula is C18H19F3N6S. The molecule has 4 heterocycles. The van der Waals surface area contributed by atoms with Crippen molar-refractivity contribution in [2.24, 2.45) is 0 Å². The molecule has 0 aromatic carbocycles. The molecule has 1 fully saturated rings. The van der Waals surface area contributed by atoms with Gasteiger partial charge in [0.05, 0.1) is 11.9 Å². The Morgan fingerprint density at radius 1 is 1.21 bits per heavy atom. The van der Waals surface area contributed by atoms with Crippen molar-refractivity contribution >= 4 is 23.4 Å². The third-order valence-electron chi connectivity index (χ3n) is 4.72. The van der Waals surface area contributed by atoms with Crippen molar-refractivity contribution in [3.63, 3.8) is 0 Å². The molecule has 1 aliphatic heterocycles. The molecular weight excluding hydrogens is 389 g/mol. The Kier molecular flexibility index (Phi) is 5.15. The molecule has 1 atom stereocenters. The van der Waals surface area contributed by atoms with E-state index in [2.05, 4.69) is 24.7 Å². The molecule has 0 saturated carbocycles. The molecule has 1 aliphatic rings.